The van der Waals surface area contributed by atoms with Gasteiger partial charge in [0.05, 0.1) is 0 Å². The largest absolute Gasteiger partial charge is 0.462 e. The number of carbonyl (C=O) groups is 1. The Morgan fingerprint density at radius 3 is 2.78 bits per heavy atom. The first kappa shape index (κ1) is 12.9. The Kier molecular flexibility index (Phi) is 4.57. The average molecular weight is 244 g/mol. The van der Waals surface area contributed by atoms with Crippen molar-refractivity contribution in [1.82, 2.24) is 0 Å². The topological polar surface area (TPSA) is 26.3 Å². The molecule has 0 aromatic heterocycles. The summed E-state index contributed by atoms with van der Waals surface area (Å²) in [7, 11) is 0. The Labute approximate surface area is 109 Å². The molecule has 0 bridgehead atoms. The second-order valence-corrected chi connectivity index (χ2v) is 4.80. The molecule has 2 nitrogen and oxygen atoms in total. The third kappa shape index (κ3) is 3.73. The summed E-state index contributed by atoms with van der Waals surface area (Å²) in [6, 6.07) is 8.48. The van der Waals surface area contributed by atoms with Gasteiger partial charge >= 0.3 is 5.97 Å². The highest BCUT2D eigenvalue weighted by Crippen LogP contribution is 2.18. The Morgan fingerprint density at radius 1 is 1.22 bits per heavy atom. The minimum Gasteiger partial charge on any atom is -0.462 e. The van der Waals surface area contributed by atoms with Crippen molar-refractivity contribution in [1.29, 1.82) is 0 Å². The molecule has 0 N–H and O–H groups in total. The number of rotatable bonds is 1. The molecule has 0 saturated heterocycles. The molecule has 2 heteroatoms. The van der Waals surface area contributed by atoms with Crippen LogP contribution in [0.5, 0.6) is 0 Å². The van der Waals surface area contributed by atoms with E-state index >= 15 is 0 Å². The Hall–Kier alpha value is -1.57. The molecule has 0 radical (unpaired) electrons. The maximum atomic E-state index is 11.1. The maximum Gasteiger partial charge on any atom is 0.302 e. The monoisotopic (exact) mass is 244 g/mol. The lowest BCUT2D eigenvalue weighted by Crippen LogP contribution is -2.19. The van der Waals surface area contributed by atoms with Crippen LogP contribution < -0.4 is 0 Å². The Morgan fingerprint density at radius 2 is 2.00 bits per heavy atom. The van der Waals surface area contributed by atoms with E-state index in [-0.39, 0.29) is 12.1 Å². The van der Waals surface area contributed by atoms with Crippen LogP contribution in [0.3, 0.4) is 0 Å². The van der Waals surface area contributed by atoms with Gasteiger partial charge in [-0.2, -0.15) is 0 Å². The summed E-state index contributed by atoms with van der Waals surface area (Å²) in [4.78, 5) is 11.1. The lowest BCUT2D eigenvalue weighted by molar-refractivity contribution is -0.146. The van der Waals surface area contributed by atoms with Crippen LogP contribution in [0.25, 0.3) is 0 Å². The van der Waals surface area contributed by atoms with Crippen LogP contribution in [0.4, 0.5) is 0 Å². The van der Waals surface area contributed by atoms with Gasteiger partial charge in [-0.05, 0) is 30.4 Å². The second-order valence-electron chi connectivity index (χ2n) is 4.80. The van der Waals surface area contributed by atoms with Crippen LogP contribution in [0.15, 0.2) is 36.4 Å². The lowest BCUT2D eigenvalue weighted by atomic mass is 9.95. The van der Waals surface area contributed by atoms with Gasteiger partial charge < -0.3 is 4.74 Å². The van der Waals surface area contributed by atoms with Gasteiger partial charge in [-0.3, -0.25) is 4.79 Å². The molecule has 1 aromatic rings. The molecular weight excluding hydrogens is 224 g/mol. The highest BCUT2D eigenvalue weighted by molar-refractivity contribution is 5.66. The number of hydrogen-bond donors (Lipinski definition) is 0. The molecule has 0 saturated carbocycles. The molecule has 1 unspecified atom stereocenters. The van der Waals surface area contributed by atoms with Gasteiger partial charge in [-0.25, -0.2) is 0 Å². The van der Waals surface area contributed by atoms with E-state index < -0.39 is 0 Å². The summed E-state index contributed by atoms with van der Waals surface area (Å²) in [6.45, 7) is 1.48. The van der Waals surface area contributed by atoms with Gasteiger partial charge in [0.1, 0.15) is 6.10 Å². The molecule has 2 rings (SSSR count). The number of carbonyl (C=O) groups excluding carboxylic acids is 1. The van der Waals surface area contributed by atoms with Gasteiger partial charge in [0.25, 0.3) is 0 Å². The van der Waals surface area contributed by atoms with Gasteiger partial charge in [-0.15, -0.1) is 0 Å². The molecule has 0 amide bonds. The standard InChI is InChI=1S/C16H20O2/c1-13(17)18-16-11-5-3-2-4-8-14-9-6-7-10-15(14)12-16/h3,5-7,9-10,16H,2,4,8,11-12H2,1H3/b5-3-. The first-order chi connectivity index (χ1) is 8.75. The number of fused-ring (bicyclic) bond motifs is 1. The van der Waals surface area contributed by atoms with Crippen molar-refractivity contribution in [3.63, 3.8) is 0 Å². The number of benzene rings is 1. The predicted octanol–water partition coefficient (Wildman–Crippen LogP) is 3.44. The summed E-state index contributed by atoms with van der Waals surface area (Å²) in [5, 5.41) is 0. The summed E-state index contributed by atoms with van der Waals surface area (Å²) in [5.74, 6) is -0.192. The molecule has 0 aliphatic heterocycles. The molecule has 1 aliphatic rings. The predicted molar refractivity (Wildman–Crippen MR) is 72.4 cm³/mol. The van der Waals surface area contributed by atoms with Crippen molar-refractivity contribution in [2.24, 2.45) is 0 Å². The molecule has 1 aliphatic carbocycles. The number of hydrogen-bond acceptors (Lipinski definition) is 2. The van der Waals surface area contributed by atoms with Crippen LogP contribution in [0.1, 0.15) is 37.3 Å². The fraction of sp³-hybridized carbons (Fsp3) is 0.438. The van der Waals surface area contributed by atoms with Crippen molar-refractivity contribution >= 4 is 5.97 Å². The molecular formula is C16H20O2. The van der Waals surface area contributed by atoms with E-state index in [1.807, 2.05) is 0 Å². The normalized spacial score (nSPS) is 21.7. The number of esters is 1. The van der Waals surface area contributed by atoms with E-state index in [1.54, 1.807) is 0 Å². The van der Waals surface area contributed by atoms with Crippen molar-refractivity contribution < 1.29 is 9.53 Å². The number of ether oxygens (including phenoxy) is 1. The molecule has 1 aromatic carbocycles. The lowest BCUT2D eigenvalue weighted by Gasteiger charge is -2.18. The van der Waals surface area contributed by atoms with E-state index in [1.165, 1.54) is 24.5 Å². The fourth-order valence-electron chi connectivity index (χ4n) is 2.43. The zero-order valence-electron chi connectivity index (χ0n) is 10.9. The fourth-order valence-corrected chi connectivity index (χ4v) is 2.43. The van der Waals surface area contributed by atoms with E-state index in [2.05, 4.69) is 36.4 Å². The third-order valence-electron chi connectivity index (χ3n) is 3.28. The van der Waals surface area contributed by atoms with Gasteiger partial charge in [0, 0.05) is 19.8 Å². The molecule has 96 valence electrons. The van der Waals surface area contributed by atoms with Crippen molar-refractivity contribution in [2.75, 3.05) is 0 Å². The maximum absolute atomic E-state index is 11.1. The van der Waals surface area contributed by atoms with Gasteiger partial charge in [0.15, 0.2) is 0 Å². The zero-order chi connectivity index (χ0) is 12.8. The Balaban J connectivity index is 2.18. The number of allylic oxidation sites excluding steroid dienone is 1. The first-order valence-corrected chi connectivity index (χ1v) is 6.64. The van der Waals surface area contributed by atoms with E-state index in [0.29, 0.717) is 0 Å². The molecule has 18 heavy (non-hydrogen) atoms. The molecule has 1 atom stereocenters. The minimum atomic E-state index is -0.192. The van der Waals surface area contributed by atoms with Crippen molar-refractivity contribution in [3.8, 4) is 0 Å². The Bertz CT molecular complexity index is 434. The van der Waals surface area contributed by atoms with Crippen molar-refractivity contribution in [3.05, 3.63) is 47.5 Å². The zero-order valence-corrected chi connectivity index (χ0v) is 10.9. The van der Waals surface area contributed by atoms with Crippen LogP contribution >= 0.6 is 0 Å². The highest BCUT2D eigenvalue weighted by Gasteiger charge is 2.14. The average Bonchev–Trinajstić information content (AvgIpc) is 2.35. The molecule has 0 heterocycles. The number of aryl methyl sites for hydroxylation is 1. The molecule has 0 spiro atoms. The van der Waals surface area contributed by atoms with Gasteiger partial charge in [0.2, 0.25) is 0 Å². The van der Waals surface area contributed by atoms with Gasteiger partial charge in [-0.1, -0.05) is 36.4 Å². The summed E-state index contributed by atoms with van der Waals surface area (Å²) >= 11 is 0. The van der Waals surface area contributed by atoms with Crippen LogP contribution in [-0.4, -0.2) is 12.1 Å². The van der Waals surface area contributed by atoms with Crippen LogP contribution in [0.2, 0.25) is 0 Å². The van der Waals surface area contributed by atoms with E-state index in [4.69, 9.17) is 4.74 Å². The van der Waals surface area contributed by atoms with E-state index in [0.717, 1.165) is 25.7 Å². The van der Waals surface area contributed by atoms with Crippen molar-refractivity contribution in [2.45, 2.75) is 45.1 Å². The van der Waals surface area contributed by atoms with Crippen LogP contribution in [0, 0.1) is 0 Å². The quantitative estimate of drug-likeness (QED) is 0.558. The first-order valence-electron chi connectivity index (χ1n) is 6.64. The minimum absolute atomic E-state index is 0.0296. The van der Waals surface area contributed by atoms with E-state index in [9.17, 15) is 4.79 Å². The van der Waals surface area contributed by atoms with Crippen LogP contribution in [-0.2, 0) is 22.4 Å². The highest BCUT2D eigenvalue weighted by atomic mass is 16.5. The SMILES string of the molecule is CC(=O)OC1C/C=C\CCCc2ccccc2C1. The summed E-state index contributed by atoms with van der Waals surface area (Å²) in [5.41, 5.74) is 2.71. The molecule has 0 fully saturated rings. The summed E-state index contributed by atoms with van der Waals surface area (Å²) in [6.07, 6.45) is 9.33. The summed E-state index contributed by atoms with van der Waals surface area (Å²) < 4.78 is 5.39. The third-order valence-corrected chi connectivity index (χ3v) is 3.28. The second kappa shape index (κ2) is 6.39. The smallest absolute Gasteiger partial charge is 0.302 e.